The molecule has 11 rings (SSSR count). The second kappa shape index (κ2) is 15.4. The third-order valence-corrected chi connectivity index (χ3v) is 14.1. The fraction of sp³-hybridized carbons (Fsp3) is 0.133. The lowest BCUT2D eigenvalue weighted by atomic mass is 9.79. The van der Waals surface area contributed by atoms with Crippen LogP contribution in [0.15, 0.2) is 182 Å². The van der Waals surface area contributed by atoms with Gasteiger partial charge in [0.25, 0.3) is 0 Å². The Morgan fingerprint density at radius 3 is 1.85 bits per heavy atom. The van der Waals surface area contributed by atoms with Gasteiger partial charge >= 0.3 is 0 Å². The smallest absolute Gasteiger partial charge is 0.124 e. The predicted octanol–water partition coefficient (Wildman–Crippen LogP) is 16.6. The van der Waals surface area contributed by atoms with E-state index >= 15 is 0 Å². The molecule has 0 fully saturated rings. The van der Waals surface area contributed by atoms with Crippen LogP contribution in [-0.2, 0) is 10.8 Å². The van der Waals surface area contributed by atoms with Crippen molar-refractivity contribution in [2.75, 3.05) is 0 Å². The van der Waals surface area contributed by atoms with Crippen LogP contribution < -0.4 is 0 Å². The molecule has 0 radical (unpaired) electrons. The fourth-order valence-electron chi connectivity index (χ4n) is 9.34. The number of phenolic OH excluding ortho intramolecular Hbond substituents is 1. The van der Waals surface area contributed by atoms with Gasteiger partial charge < -0.3 is 9.67 Å². The molecule has 0 unspecified atom stereocenters. The second-order valence-corrected chi connectivity index (χ2v) is 20.3. The van der Waals surface area contributed by atoms with Gasteiger partial charge in [-0.25, -0.2) is 4.98 Å². The van der Waals surface area contributed by atoms with Crippen molar-refractivity contribution >= 4 is 53.3 Å². The number of aromatic nitrogens is 3. The van der Waals surface area contributed by atoms with E-state index in [0.717, 1.165) is 50.5 Å². The van der Waals surface area contributed by atoms with E-state index < -0.39 is 0 Å². The van der Waals surface area contributed by atoms with Crippen LogP contribution in [0.3, 0.4) is 0 Å². The molecule has 7 aromatic carbocycles. The number of hydrogen-bond donors (Lipinski definition) is 1. The van der Waals surface area contributed by atoms with Gasteiger partial charge in [0.2, 0.25) is 0 Å². The molecule has 0 bridgehead atoms. The summed E-state index contributed by atoms with van der Waals surface area (Å²) in [5.41, 5.74) is 15.5. The van der Waals surface area contributed by atoms with E-state index in [4.69, 9.17) is 9.97 Å². The van der Waals surface area contributed by atoms with Crippen LogP contribution in [0.5, 0.6) is 5.75 Å². The first-order valence-corrected chi connectivity index (χ1v) is 23.2. The lowest BCUT2D eigenvalue weighted by molar-refractivity contribution is 0.477. The highest BCUT2D eigenvalue weighted by molar-refractivity contribution is 7.26. The highest BCUT2D eigenvalue weighted by Crippen LogP contribution is 2.44. The molecule has 65 heavy (non-hydrogen) atoms. The van der Waals surface area contributed by atoms with Crippen molar-refractivity contribution in [2.45, 2.75) is 52.4 Å². The predicted molar refractivity (Wildman–Crippen MR) is 276 cm³/mol. The number of thiophene rings is 1. The number of rotatable bonds is 6. The molecule has 316 valence electrons. The highest BCUT2D eigenvalue weighted by Gasteiger charge is 2.23. The molecule has 11 aromatic rings. The summed E-state index contributed by atoms with van der Waals surface area (Å²) in [6.07, 6.45) is 1.93. The van der Waals surface area contributed by atoms with Gasteiger partial charge in [0.15, 0.2) is 0 Å². The zero-order valence-corrected chi connectivity index (χ0v) is 38.3. The molecule has 4 aromatic heterocycles. The van der Waals surface area contributed by atoms with E-state index in [1.165, 1.54) is 58.8 Å². The molecule has 0 spiro atoms. The van der Waals surface area contributed by atoms with Gasteiger partial charge in [-0.05, 0) is 99.3 Å². The second-order valence-electron chi connectivity index (χ2n) is 19.3. The van der Waals surface area contributed by atoms with Gasteiger partial charge in [-0.3, -0.25) is 4.98 Å². The highest BCUT2D eigenvalue weighted by atomic mass is 32.1. The van der Waals surface area contributed by atoms with Crippen LogP contribution in [-0.4, -0.2) is 19.6 Å². The van der Waals surface area contributed by atoms with E-state index in [1.807, 2.05) is 35.7 Å². The van der Waals surface area contributed by atoms with E-state index in [0.29, 0.717) is 5.56 Å². The molecular weight excluding hydrogens is 811 g/mol. The van der Waals surface area contributed by atoms with Crippen LogP contribution in [0.25, 0.3) is 104 Å². The summed E-state index contributed by atoms with van der Waals surface area (Å²) in [7, 11) is 0. The standard InChI is InChI=1S/C60H49N3OS/c1-59(2,3)42-31-40(32-43(36-42)60(4,5)6)41-34-51(62-52(35-41)49-20-8-11-26-55(49)64)39-17-13-16-38(30-39)50-33-37(28-29-61-50)44-21-14-22-47-45-18-7-10-24-53(45)63(57(44)47)54-25-15-23-48-46-19-9-12-27-56(46)65-58(48)54/h7-36,64H,1-6H3. The number of para-hydroxylation sites is 3. The molecule has 1 N–H and O–H groups in total. The SMILES string of the molecule is CC(C)(C)c1cc(-c2cc(-c3cccc(-c4cc(-c5cccc6c7ccccc7n(-c7cccc8c7sc7ccccc78)c56)ccn4)c3)nc(-c3ccccc3O)c2)cc(C(C)(C)C)c1. The van der Waals surface area contributed by atoms with Crippen molar-refractivity contribution in [1.29, 1.82) is 0 Å². The van der Waals surface area contributed by atoms with E-state index in [9.17, 15) is 5.11 Å². The Bertz CT molecular complexity index is 3620. The Labute approximate surface area is 384 Å². The third kappa shape index (κ3) is 7.17. The minimum absolute atomic E-state index is 0.0441. The van der Waals surface area contributed by atoms with Crippen molar-refractivity contribution in [3.8, 4) is 67.5 Å². The zero-order valence-electron chi connectivity index (χ0n) is 37.5. The van der Waals surface area contributed by atoms with Crippen molar-refractivity contribution in [3.05, 3.63) is 193 Å². The summed E-state index contributed by atoms with van der Waals surface area (Å²) in [4.78, 5) is 10.2. The molecule has 0 saturated heterocycles. The Morgan fingerprint density at radius 2 is 1.06 bits per heavy atom. The van der Waals surface area contributed by atoms with Gasteiger partial charge in [-0.1, -0.05) is 157 Å². The maximum atomic E-state index is 11.1. The summed E-state index contributed by atoms with van der Waals surface area (Å²) in [6.45, 7) is 13.6. The molecule has 0 aliphatic heterocycles. The maximum absolute atomic E-state index is 11.1. The number of fused-ring (bicyclic) bond motifs is 6. The van der Waals surface area contributed by atoms with Crippen LogP contribution >= 0.6 is 11.3 Å². The molecule has 0 saturated carbocycles. The largest absolute Gasteiger partial charge is 0.507 e. The zero-order chi connectivity index (χ0) is 44.6. The lowest BCUT2D eigenvalue weighted by Crippen LogP contribution is -2.16. The third-order valence-electron chi connectivity index (χ3n) is 12.8. The average Bonchev–Trinajstić information content (AvgIpc) is 3.87. The number of benzene rings is 7. The molecule has 5 heteroatoms. The normalized spacial score (nSPS) is 12.2. The van der Waals surface area contributed by atoms with Gasteiger partial charge in [-0.15, -0.1) is 11.3 Å². The first-order valence-electron chi connectivity index (χ1n) is 22.4. The van der Waals surface area contributed by atoms with E-state index in [2.05, 4.69) is 198 Å². The average molecular weight is 860 g/mol. The molecule has 0 aliphatic carbocycles. The first kappa shape index (κ1) is 40.4. The van der Waals surface area contributed by atoms with E-state index in [-0.39, 0.29) is 16.6 Å². The van der Waals surface area contributed by atoms with Crippen LogP contribution in [0.2, 0.25) is 0 Å². The summed E-state index contributed by atoms with van der Waals surface area (Å²) in [5, 5.41) is 16.1. The van der Waals surface area contributed by atoms with Gasteiger partial charge in [0.1, 0.15) is 5.75 Å². The molecule has 0 amide bonds. The Hall–Kier alpha value is -7.34. The number of phenols is 1. The van der Waals surface area contributed by atoms with Crippen molar-refractivity contribution in [1.82, 2.24) is 14.5 Å². The van der Waals surface area contributed by atoms with Crippen LogP contribution in [0.4, 0.5) is 0 Å². The van der Waals surface area contributed by atoms with Gasteiger partial charge in [0.05, 0.1) is 38.5 Å². The summed E-state index contributed by atoms with van der Waals surface area (Å²) in [5.74, 6) is 0.200. The Morgan fingerprint density at radius 1 is 0.462 bits per heavy atom. The van der Waals surface area contributed by atoms with Gasteiger partial charge in [-0.2, -0.15) is 0 Å². The van der Waals surface area contributed by atoms with Gasteiger partial charge in [0, 0.05) is 54.7 Å². The van der Waals surface area contributed by atoms with Crippen molar-refractivity contribution in [3.63, 3.8) is 0 Å². The minimum atomic E-state index is -0.0441. The monoisotopic (exact) mass is 859 g/mol. The minimum Gasteiger partial charge on any atom is -0.507 e. The molecule has 0 atom stereocenters. The molecule has 4 nitrogen and oxygen atoms in total. The number of pyridine rings is 2. The maximum Gasteiger partial charge on any atom is 0.124 e. The summed E-state index contributed by atoms with van der Waals surface area (Å²) >= 11 is 1.86. The molecule has 4 heterocycles. The Balaban J connectivity index is 1.06. The topological polar surface area (TPSA) is 50.9 Å². The van der Waals surface area contributed by atoms with Crippen molar-refractivity contribution < 1.29 is 5.11 Å². The number of nitrogens with zero attached hydrogens (tertiary/aromatic N) is 3. The molecule has 0 aliphatic rings. The fourth-order valence-corrected chi connectivity index (χ4v) is 10.5. The Kier molecular flexibility index (Phi) is 9.60. The quantitative estimate of drug-likeness (QED) is 0.181. The summed E-state index contributed by atoms with van der Waals surface area (Å²) < 4.78 is 5.04. The lowest BCUT2D eigenvalue weighted by Gasteiger charge is -2.26. The number of aromatic hydroxyl groups is 1. The summed E-state index contributed by atoms with van der Waals surface area (Å²) in [6, 6.07) is 62.5. The number of hydrogen-bond acceptors (Lipinski definition) is 4. The van der Waals surface area contributed by atoms with Crippen LogP contribution in [0.1, 0.15) is 52.7 Å². The van der Waals surface area contributed by atoms with Crippen molar-refractivity contribution in [2.24, 2.45) is 0 Å². The van der Waals surface area contributed by atoms with Crippen LogP contribution in [0, 0.1) is 0 Å². The first-order chi connectivity index (χ1) is 31.4. The molecular formula is C60H49N3OS. The van der Waals surface area contributed by atoms with E-state index in [1.54, 1.807) is 6.07 Å².